The van der Waals surface area contributed by atoms with E-state index in [4.69, 9.17) is 21.1 Å². The predicted octanol–water partition coefficient (Wildman–Crippen LogP) is 3.44. The highest BCUT2D eigenvalue weighted by atomic mass is 35.5. The van der Waals surface area contributed by atoms with Crippen LogP contribution in [0.3, 0.4) is 0 Å². The smallest absolute Gasteiger partial charge is 0.270 e. The number of carbonyl (C=O) groups excluding carboxylic acids is 1. The number of anilines is 2. The number of benzene rings is 3. The largest absolute Gasteiger partial charge is 0.497 e. The van der Waals surface area contributed by atoms with Gasteiger partial charge in [0.05, 0.1) is 42.0 Å². The molecule has 0 atom stereocenters. The second kappa shape index (κ2) is 12.8. The molecule has 1 aliphatic rings. The molecular weight excluding hydrogens is 562 g/mol. The minimum atomic E-state index is -4.17. The predicted molar refractivity (Wildman–Crippen MR) is 151 cm³/mol. The molecule has 12 nitrogen and oxygen atoms in total. The number of non-ortho nitro benzene ring substituents is 1. The van der Waals surface area contributed by atoms with Gasteiger partial charge in [-0.3, -0.25) is 19.2 Å². The topological polar surface area (TPSA) is 144 Å². The summed E-state index contributed by atoms with van der Waals surface area (Å²) in [5.41, 5.74) is 3.51. The van der Waals surface area contributed by atoms with Gasteiger partial charge in [0.15, 0.2) is 0 Å². The van der Waals surface area contributed by atoms with E-state index >= 15 is 0 Å². The summed E-state index contributed by atoms with van der Waals surface area (Å²) in [6, 6.07) is 16.1. The van der Waals surface area contributed by atoms with Gasteiger partial charge in [-0.2, -0.15) is 5.10 Å². The number of hydrogen-bond donors (Lipinski definition) is 1. The maximum absolute atomic E-state index is 13.5. The van der Waals surface area contributed by atoms with Crippen LogP contribution < -0.4 is 19.4 Å². The highest BCUT2D eigenvalue weighted by Crippen LogP contribution is 2.27. The van der Waals surface area contributed by atoms with Gasteiger partial charge >= 0.3 is 0 Å². The van der Waals surface area contributed by atoms with Crippen molar-refractivity contribution in [2.75, 3.05) is 49.2 Å². The molecule has 1 heterocycles. The molecule has 0 unspecified atom stereocenters. The summed E-state index contributed by atoms with van der Waals surface area (Å²) >= 11 is 5.98. The molecule has 1 amide bonds. The number of halogens is 1. The van der Waals surface area contributed by atoms with Crippen LogP contribution >= 0.6 is 11.6 Å². The zero-order valence-corrected chi connectivity index (χ0v) is 23.0. The second-order valence-electron chi connectivity index (χ2n) is 8.56. The Morgan fingerprint density at radius 2 is 1.82 bits per heavy atom. The molecule has 0 spiro atoms. The molecule has 0 aliphatic carbocycles. The maximum atomic E-state index is 13.5. The first-order chi connectivity index (χ1) is 19.2. The molecule has 40 heavy (non-hydrogen) atoms. The molecule has 0 aromatic heterocycles. The average molecular weight is 588 g/mol. The number of nitro benzene ring substituents is 1. The van der Waals surface area contributed by atoms with Gasteiger partial charge in [-0.05, 0) is 54.6 Å². The van der Waals surface area contributed by atoms with E-state index < -0.39 is 27.4 Å². The van der Waals surface area contributed by atoms with Crippen molar-refractivity contribution in [2.45, 2.75) is 4.90 Å². The van der Waals surface area contributed by atoms with E-state index in [1.165, 1.54) is 74.0 Å². The summed E-state index contributed by atoms with van der Waals surface area (Å²) in [7, 11) is -2.71. The average Bonchev–Trinajstić information content (AvgIpc) is 2.97. The fraction of sp³-hybridized carbons (Fsp3) is 0.231. The molecule has 1 aliphatic heterocycles. The number of ether oxygens (including phenoxy) is 2. The van der Waals surface area contributed by atoms with E-state index in [2.05, 4.69) is 10.5 Å². The van der Waals surface area contributed by atoms with Crippen LogP contribution in [0.15, 0.2) is 76.7 Å². The fourth-order valence-electron chi connectivity index (χ4n) is 3.99. The number of morpholine rings is 1. The third-order valence-electron chi connectivity index (χ3n) is 6.02. The molecule has 1 N–H and O–H groups in total. The van der Waals surface area contributed by atoms with Gasteiger partial charge in [0, 0.05) is 41.5 Å². The number of hydrogen-bond acceptors (Lipinski definition) is 9. The normalized spacial score (nSPS) is 13.7. The van der Waals surface area contributed by atoms with Crippen molar-refractivity contribution in [3.63, 3.8) is 0 Å². The Hall–Kier alpha value is -4.20. The molecular formula is C26H26ClN5O7S. The molecule has 1 fully saturated rings. The monoisotopic (exact) mass is 587 g/mol. The second-order valence-corrected chi connectivity index (χ2v) is 10.9. The van der Waals surface area contributed by atoms with E-state index in [0.717, 1.165) is 4.31 Å². The zero-order valence-electron chi connectivity index (χ0n) is 21.4. The maximum Gasteiger partial charge on any atom is 0.270 e. The number of hydrazone groups is 1. The van der Waals surface area contributed by atoms with Gasteiger partial charge in [-0.1, -0.05) is 11.6 Å². The summed E-state index contributed by atoms with van der Waals surface area (Å²) in [5.74, 6) is -0.261. The number of carbonyl (C=O) groups is 1. The molecule has 0 saturated carbocycles. The lowest BCUT2D eigenvalue weighted by molar-refractivity contribution is -0.384. The van der Waals surface area contributed by atoms with E-state index in [0.29, 0.717) is 48.3 Å². The molecule has 4 rings (SSSR count). The Morgan fingerprint density at radius 1 is 1.15 bits per heavy atom. The molecule has 14 heteroatoms. The Balaban J connectivity index is 1.57. The number of nitrogens with zero attached hydrogens (tertiary/aromatic N) is 4. The van der Waals surface area contributed by atoms with Crippen LogP contribution in [0.5, 0.6) is 5.75 Å². The third-order valence-corrected chi connectivity index (χ3v) is 8.06. The SMILES string of the molecule is COc1ccc(S(=O)(=O)N(CC(=O)N/N=C\c2cc([N+](=O)[O-])ccc2N2CCOCC2)c2ccc(Cl)cc2)cc1. The molecule has 1 saturated heterocycles. The molecule has 0 bridgehead atoms. The van der Waals surface area contributed by atoms with Crippen molar-refractivity contribution in [1.29, 1.82) is 0 Å². The Labute approximate surface area is 235 Å². The highest BCUT2D eigenvalue weighted by Gasteiger charge is 2.27. The molecule has 3 aromatic carbocycles. The zero-order chi connectivity index (χ0) is 28.7. The van der Waals surface area contributed by atoms with Crippen molar-refractivity contribution < 1.29 is 27.6 Å². The fourth-order valence-corrected chi connectivity index (χ4v) is 5.54. The van der Waals surface area contributed by atoms with Gasteiger partial charge in [0.1, 0.15) is 12.3 Å². The van der Waals surface area contributed by atoms with Crippen molar-refractivity contribution in [1.82, 2.24) is 5.43 Å². The van der Waals surface area contributed by atoms with E-state index in [9.17, 15) is 23.3 Å². The van der Waals surface area contributed by atoms with Gasteiger partial charge in [0.25, 0.3) is 21.6 Å². The Kier molecular flexibility index (Phi) is 9.19. The summed E-state index contributed by atoms with van der Waals surface area (Å²) in [6.45, 7) is 1.59. The van der Waals surface area contributed by atoms with Crippen LogP contribution in [0.4, 0.5) is 17.1 Å². The summed E-state index contributed by atoms with van der Waals surface area (Å²) in [5, 5.41) is 15.7. The van der Waals surface area contributed by atoms with E-state index in [1.807, 2.05) is 4.90 Å². The van der Waals surface area contributed by atoms with Crippen LogP contribution in [-0.2, 0) is 19.6 Å². The Morgan fingerprint density at radius 3 is 2.45 bits per heavy atom. The lowest BCUT2D eigenvalue weighted by Crippen LogP contribution is -2.39. The lowest BCUT2D eigenvalue weighted by Gasteiger charge is -2.29. The standard InChI is InChI=1S/C26H26ClN5O7S/c1-38-23-7-9-24(10-8-23)40(36,37)31(21-4-2-20(27)3-5-21)18-26(33)29-28-17-19-16-22(32(34)35)6-11-25(19)30-12-14-39-15-13-30/h2-11,16-17H,12-15,18H2,1H3,(H,29,33)/b28-17-. The summed E-state index contributed by atoms with van der Waals surface area (Å²) in [4.78, 5) is 25.7. The van der Waals surface area contributed by atoms with Gasteiger partial charge in [-0.15, -0.1) is 0 Å². The highest BCUT2D eigenvalue weighted by molar-refractivity contribution is 7.92. The van der Waals surface area contributed by atoms with Gasteiger partial charge < -0.3 is 14.4 Å². The first-order valence-electron chi connectivity index (χ1n) is 12.0. The lowest BCUT2D eigenvalue weighted by atomic mass is 10.1. The third kappa shape index (κ3) is 6.86. The minimum Gasteiger partial charge on any atom is -0.497 e. The molecule has 3 aromatic rings. The molecule has 0 radical (unpaired) electrons. The number of sulfonamides is 1. The number of nitro groups is 1. The molecule has 210 valence electrons. The minimum absolute atomic E-state index is 0.0497. The summed E-state index contributed by atoms with van der Waals surface area (Å²) < 4.78 is 38.5. The number of amides is 1. The first-order valence-corrected chi connectivity index (χ1v) is 13.9. The summed E-state index contributed by atoms with van der Waals surface area (Å²) in [6.07, 6.45) is 1.29. The van der Waals surface area contributed by atoms with Crippen LogP contribution in [0.1, 0.15) is 5.56 Å². The van der Waals surface area contributed by atoms with Gasteiger partial charge in [-0.25, -0.2) is 13.8 Å². The number of rotatable bonds is 10. The van der Waals surface area contributed by atoms with Crippen molar-refractivity contribution in [3.05, 3.63) is 87.4 Å². The van der Waals surface area contributed by atoms with E-state index in [1.54, 1.807) is 6.07 Å². The van der Waals surface area contributed by atoms with Crippen molar-refractivity contribution in [2.24, 2.45) is 5.10 Å². The van der Waals surface area contributed by atoms with Gasteiger partial charge in [0.2, 0.25) is 0 Å². The van der Waals surface area contributed by atoms with Crippen LogP contribution in [0.25, 0.3) is 0 Å². The van der Waals surface area contributed by atoms with E-state index in [-0.39, 0.29) is 16.3 Å². The van der Waals surface area contributed by atoms with Crippen LogP contribution in [-0.4, -0.2) is 65.4 Å². The number of methoxy groups -OCH3 is 1. The first kappa shape index (κ1) is 28.8. The quantitative estimate of drug-likeness (QED) is 0.216. The number of nitrogens with one attached hydrogen (secondary N) is 1. The van der Waals surface area contributed by atoms with Crippen LogP contribution in [0.2, 0.25) is 5.02 Å². The Bertz CT molecular complexity index is 1490. The van der Waals surface area contributed by atoms with Crippen molar-refractivity contribution in [3.8, 4) is 5.75 Å². The van der Waals surface area contributed by atoms with Crippen LogP contribution in [0, 0.1) is 10.1 Å². The van der Waals surface area contributed by atoms with Crippen molar-refractivity contribution >= 4 is 50.8 Å².